The van der Waals surface area contributed by atoms with Gasteiger partial charge in [0.25, 0.3) is 0 Å². The highest BCUT2D eigenvalue weighted by atomic mass is 16.4. The number of aryl methyl sites for hydroxylation is 1. The number of aliphatic carboxylic acids is 1. The van der Waals surface area contributed by atoms with Crippen LogP contribution in [0.2, 0.25) is 0 Å². The summed E-state index contributed by atoms with van der Waals surface area (Å²) in [5.74, 6) is -0.803. The molecule has 0 bridgehead atoms. The molecule has 6 heteroatoms. The van der Waals surface area contributed by atoms with Crippen LogP contribution in [0.1, 0.15) is 42.6 Å². The summed E-state index contributed by atoms with van der Waals surface area (Å²) in [6, 6.07) is 9.85. The molecule has 0 spiro atoms. The summed E-state index contributed by atoms with van der Waals surface area (Å²) in [7, 11) is 0. The molecule has 134 valence electrons. The Morgan fingerprint density at radius 1 is 1.12 bits per heavy atom. The zero-order chi connectivity index (χ0) is 18.2. The maximum atomic E-state index is 12.2. The lowest BCUT2D eigenvalue weighted by Crippen LogP contribution is -2.26. The second-order valence-corrected chi connectivity index (χ2v) is 6.13. The van der Waals surface area contributed by atoms with Crippen LogP contribution in [-0.4, -0.2) is 33.3 Å². The number of carboxylic acids is 1. The van der Waals surface area contributed by atoms with Crippen LogP contribution in [0.4, 0.5) is 0 Å². The molecular weight excluding hydrogens is 318 g/mol. The Morgan fingerprint density at radius 3 is 2.52 bits per heavy atom. The third-order valence-corrected chi connectivity index (χ3v) is 4.17. The minimum atomic E-state index is -0.773. The van der Waals surface area contributed by atoms with Gasteiger partial charge < -0.3 is 10.4 Å². The predicted octanol–water partition coefficient (Wildman–Crippen LogP) is 2.79. The molecule has 0 saturated carbocycles. The molecule has 0 aliphatic carbocycles. The van der Waals surface area contributed by atoms with E-state index >= 15 is 0 Å². The average molecular weight is 343 g/mol. The van der Waals surface area contributed by atoms with E-state index in [4.69, 9.17) is 5.11 Å². The number of para-hydroxylation sites is 1. The van der Waals surface area contributed by atoms with Gasteiger partial charge in [-0.1, -0.05) is 24.6 Å². The van der Waals surface area contributed by atoms with Crippen LogP contribution < -0.4 is 5.32 Å². The number of nitrogens with one attached hydrogen (secondary N) is 1. The van der Waals surface area contributed by atoms with Gasteiger partial charge in [0, 0.05) is 24.2 Å². The molecule has 2 aromatic rings. The lowest BCUT2D eigenvalue weighted by Gasteiger charge is -2.07. The van der Waals surface area contributed by atoms with Crippen LogP contribution in [0.25, 0.3) is 5.69 Å². The maximum Gasteiger partial charge on any atom is 0.303 e. The molecule has 1 amide bonds. The van der Waals surface area contributed by atoms with Crippen molar-refractivity contribution in [2.24, 2.45) is 0 Å². The molecule has 0 atom stereocenters. The number of amides is 1. The molecule has 2 rings (SSSR count). The number of rotatable bonds is 9. The van der Waals surface area contributed by atoms with Gasteiger partial charge in [-0.2, -0.15) is 5.10 Å². The normalized spacial score (nSPS) is 10.6. The summed E-state index contributed by atoms with van der Waals surface area (Å²) >= 11 is 0. The highest BCUT2D eigenvalue weighted by molar-refractivity contribution is 5.79. The molecule has 0 aliphatic rings. The Hall–Kier alpha value is -2.63. The van der Waals surface area contributed by atoms with Crippen molar-refractivity contribution in [3.63, 3.8) is 0 Å². The number of hydrogen-bond donors (Lipinski definition) is 2. The van der Waals surface area contributed by atoms with Crippen molar-refractivity contribution in [3.05, 3.63) is 47.3 Å². The fourth-order valence-corrected chi connectivity index (χ4v) is 2.78. The predicted molar refractivity (Wildman–Crippen MR) is 95.9 cm³/mol. The van der Waals surface area contributed by atoms with E-state index in [0.29, 0.717) is 19.4 Å². The van der Waals surface area contributed by atoms with Gasteiger partial charge in [-0.3, -0.25) is 9.59 Å². The summed E-state index contributed by atoms with van der Waals surface area (Å²) in [6.45, 7) is 4.46. The van der Waals surface area contributed by atoms with Crippen molar-refractivity contribution in [1.29, 1.82) is 0 Å². The molecule has 25 heavy (non-hydrogen) atoms. The van der Waals surface area contributed by atoms with Crippen molar-refractivity contribution < 1.29 is 14.7 Å². The van der Waals surface area contributed by atoms with Crippen LogP contribution in [0.5, 0.6) is 0 Å². The lowest BCUT2D eigenvalue weighted by molar-refractivity contribution is -0.137. The molecule has 0 unspecified atom stereocenters. The lowest BCUT2D eigenvalue weighted by atomic mass is 10.1. The standard InChI is InChI=1S/C19H25N3O3/c1-14-17(13-18(23)20-12-8-4-7-11-19(24)25)15(2)22(21-14)16-9-5-3-6-10-16/h3,5-6,9-10H,4,7-8,11-13H2,1-2H3,(H,20,23)(H,24,25). The Morgan fingerprint density at radius 2 is 1.84 bits per heavy atom. The van der Waals surface area contributed by atoms with Gasteiger partial charge in [-0.05, 0) is 38.8 Å². The number of carbonyl (C=O) groups excluding carboxylic acids is 1. The van der Waals surface area contributed by atoms with E-state index < -0.39 is 5.97 Å². The number of carboxylic acid groups (broad SMARTS) is 1. The monoisotopic (exact) mass is 343 g/mol. The molecule has 0 radical (unpaired) electrons. The summed E-state index contributed by atoms with van der Waals surface area (Å²) in [5, 5.41) is 16.0. The molecule has 1 aromatic heterocycles. The Bertz CT molecular complexity index is 723. The van der Waals surface area contributed by atoms with Crippen molar-refractivity contribution in [3.8, 4) is 5.69 Å². The molecule has 0 fully saturated rings. The third kappa shape index (κ3) is 5.45. The molecule has 0 aliphatic heterocycles. The Kier molecular flexibility index (Phi) is 6.74. The van der Waals surface area contributed by atoms with Crippen molar-refractivity contribution >= 4 is 11.9 Å². The second-order valence-electron chi connectivity index (χ2n) is 6.13. The zero-order valence-corrected chi connectivity index (χ0v) is 14.8. The maximum absolute atomic E-state index is 12.2. The Balaban J connectivity index is 1.87. The van der Waals surface area contributed by atoms with E-state index in [1.54, 1.807) is 0 Å². The fourth-order valence-electron chi connectivity index (χ4n) is 2.78. The van der Waals surface area contributed by atoms with E-state index in [0.717, 1.165) is 35.5 Å². The van der Waals surface area contributed by atoms with E-state index in [-0.39, 0.29) is 12.3 Å². The van der Waals surface area contributed by atoms with Gasteiger partial charge in [0.1, 0.15) is 0 Å². The second kappa shape index (κ2) is 9.01. The summed E-state index contributed by atoms with van der Waals surface area (Å²) in [6.07, 6.45) is 2.73. The van der Waals surface area contributed by atoms with Crippen LogP contribution in [-0.2, 0) is 16.0 Å². The van der Waals surface area contributed by atoms with Crippen molar-refractivity contribution in [2.45, 2.75) is 46.0 Å². The van der Waals surface area contributed by atoms with Crippen LogP contribution in [0.3, 0.4) is 0 Å². The molecular formula is C19H25N3O3. The summed E-state index contributed by atoms with van der Waals surface area (Å²) < 4.78 is 1.86. The van der Waals surface area contributed by atoms with Gasteiger partial charge in [0.05, 0.1) is 17.8 Å². The van der Waals surface area contributed by atoms with E-state index in [1.807, 2.05) is 48.9 Å². The number of hydrogen-bond acceptors (Lipinski definition) is 3. The summed E-state index contributed by atoms with van der Waals surface area (Å²) in [4.78, 5) is 22.6. The molecule has 0 saturated heterocycles. The van der Waals surface area contributed by atoms with Gasteiger partial charge in [0.15, 0.2) is 0 Å². The zero-order valence-electron chi connectivity index (χ0n) is 14.8. The molecule has 1 aromatic carbocycles. The number of carbonyl (C=O) groups is 2. The van der Waals surface area contributed by atoms with Crippen molar-refractivity contribution in [2.75, 3.05) is 6.54 Å². The summed E-state index contributed by atoms with van der Waals surface area (Å²) in [5.41, 5.74) is 3.76. The fraction of sp³-hybridized carbons (Fsp3) is 0.421. The highest BCUT2D eigenvalue weighted by Crippen LogP contribution is 2.18. The van der Waals surface area contributed by atoms with Crippen molar-refractivity contribution in [1.82, 2.24) is 15.1 Å². The van der Waals surface area contributed by atoms with Crippen LogP contribution in [0.15, 0.2) is 30.3 Å². The third-order valence-electron chi connectivity index (χ3n) is 4.17. The van der Waals surface area contributed by atoms with E-state index in [2.05, 4.69) is 10.4 Å². The highest BCUT2D eigenvalue weighted by Gasteiger charge is 2.15. The minimum absolute atomic E-state index is 0.0305. The number of unbranched alkanes of at least 4 members (excludes halogenated alkanes) is 2. The first-order valence-electron chi connectivity index (χ1n) is 8.58. The quantitative estimate of drug-likeness (QED) is 0.686. The topological polar surface area (TPSA) is 84.2 Å². The van der Waals surface area contributed by atoms with Crippen LogP contribution >= 0.6 is 0 Å². The minimum Gasteiger partial charge on any atom is -0.481 e. The van der Waals surface area contributed by atoms with E-state index in [1.165, 1.54) is 0 Å². The number of benzene rings is 1. The molecule has 2 N–H and O–H groups in total. The van der Waals surface area contributed by atoms with Gasteiger partial charge in [-0.15, -0.1) is 0 Å². The van der Waals surface area contributed by atoms with Gasteiger partial charge in [0.2, 0.25) is 5.91 Å². The van der Waals surface area contributed by atoms with Gasteiger partial charge >= 0.3 is 5.97 Å². The van der Waals surface area contributed by atoms with E-state index in [9.17, 15) is 9.59 Å². The molecule has 1 heterocycles. The van der Waals surface area contributed by atoms with Crippen LogP contribution in [0, 0.1) is 13.8 Å². The smallest absolute Gasteiger partial charge is 0.303 e. The number of nitrogens with zero attached hydrogens (tertiary/aromatic N) is 2. The largest absolute Gasteiger partial charge is 0.481 e. The first-order valence-corrected chi connectivity index (χ1v) is 8.58. The first-order chi connectivity index (χ1) is 12.0. The molecule has 6 nitrogen and oxygen atoms in total. The van der Waals surface area contributed by atoms with Gasteiger partial charge in [-0.25, -0.2) is 4.68 Å². The SMILES string of the molecule is Cc1nn(-c2ccccc2)c(C)c1CC(=O)NCCCCCC(=O)O. The Labute approximate surface area is 147 Å². The average Bonchev–Trinajstić information content (AvgIpc) is 2.86. The number of aromatic nitrogens is 2. The first kappa shape index (κ1) is 18.7.